The van der Waals surface area contributed by atoms with Crippen LogP contribution in [0.5, 0.6) is 0 Å². The second-order valence-corrected chi connectivity index (χ2v) is 17.0. The predicted octanol–water partition coefficient (Wildman–Crippen LogP) is 17.0. The third kappa shape index (κ3) is 47.9. The molecule has 0 aliphatic rings. The Hall–Kier alpha value is -3.15. The second-order valence-electron chi connectivity index (χ2n) is 17.0. The predicted molar refractivity (Wildman–Crippen MR) is 265 cm³/mol. The number of hydrogen-bond acceptors (Lipinski definition) is 6. The number of carbonyl (C=O) groups is 3. The Bertz CT molecular complexity index is 1180. The molecule has 0 saturated carbocycles. The number of carbonyl (C=O) groups excluding carboxylic acids is 3. The summed E-state index contributed by atoms with van der Waals surface area (Å²) in [5.74, 6) is -0.918. The van der Waals surface area contributed by atoms with Gasteiger partial charge in [-0.25, -0.2) is 0 Å². The first kappa shape index (κ1) is 58.9. The second kappa shape index (κ2) is 50.5. The van der Waals surface area contributed by atoms with Crippen molar-refractivity contribution in [2.75, 3.05) is 13.2 Å². The number of hydrogen-bond donors (Lipinski definition) is 0. The average molecular weight is 865 g/mol. The molecule has 0 fully saturated rings. The zero-order valence-corrected chi connectivity index (χ0v) is 40.6. The van der Waals surface area contributed by atoms with Gasteiger partial charge in [-0.15, -0.1) is 0 Å². The van der Waals surface area contributed by atoms with Crippen molar-refractivity contribution < 1.29 is 28.6 Å². The maximum atomic E-state index is 12.8. The molecule has 0 radical (unpaired) electrons. The van der Waals surface area contributed by atoms with E-state index in [1.807, 2.05) is 0 Å². The van der Waals surface area contributed by atoms with E-state index in [0.717, 1.165) is 135 Å². The third-order valence-electron chi connectivity index (χ3n) is 11.0. The lowest BCUT2D eigenvalue weighted by atomic mass is 10.0. The van der Waals surface area contributed by atoms with Crippen LogP contribution in [0.3, 0.4) is 0 Å². The van der Waals surface area contributed by atoms with E-state index in [9.17, 15) is 14.4 Å². The molecule has 0 aromatic rings. The van der Waals surface area contributed by atoms with Gasteiger partial charge >= 0.3 is 17.9 Å². The number of unbranched alkanes of at least 4 members (excludes halogenated alkanes) is 23. The molecule has 0 rings (SSSR count). The fourth-order valence-electron chi connectivity index (χ4n) is 7.12. The van der Waals surface area contributed by atoms with Crippen molar-refractivity contribution in [3.63, 3.8) is 0 Å². The Morgan fingerprint density at radius 1 is 0.339 bits per heavy atom. The minimum Gasteiger partial charge on any atom is -0.462 e. The fourth-order valence-corrected chi connectivity index (χ4v) is 7.12. The van der Waals surface area contributed by atoms with Crippen LogP contribution in [0.2, 0.25) is 0 Å². The molecular weight excluding hydrogens is 769 g/mol. The zero-order chi connectivity index (χ0) is 45.1. The molecule has 0 heterocycles. The van der Waals surface area contributed by atoms with Crippen molar-refractivity contribution in [3.05, 3.63) is 72.9 Å². The Labute approximate surface area is 382 Å². The smallest absolute Gasteiger partial charge is 0.306 e. The Morgan fingerprint density at radius 2 is 0.629 bits per heavy atom. The van der Waals surface area contributed by atoms with E-state index in [2.05, 4.69) is 93.7 Å². The van der Waals surface area contributed by atoms with Gasteiger partial charge in [0.1, 0.15) is 13.2 Å². The molecule has 0 amide bonds. The van der Waals surface area contributed by atoms with E-state index in [1.54, 1.807) is 0 Å². The van der Waals surface area contributed by atoms with Gasteiger partial charge in [-0.3, -0.25) is 14.4 Å². The highest BCUT2D eigenvalue weighted by molar-refractivity contribution is 5.71. The number of rotatable bonds is 46. The van der Waals surface area contributed by atoms with Gasteiger partial charge in [0.2, 0.25) is 0 Å². The van der Waals surface area contributed by atoms with Crippen LogP contribution in [0.15, 0.2) is 72.9 Å². The van der Waals surface area contributed by atoms with E-state index in [-0.39, 0.29) is 31.1 Å². The SMILES string of the molecule is CC/C=C\C/C=C\C/C=C\CCCCCCCC(=O)OCC(COC(=O)CCCCCCCCCCCCCCCC)OC(=O)CCCCCCC/C=C\C/C=C\C/C=C\CC. The van der Waals surface area contributed by atoms with Crippen LogP contribution in [0.4, 0.5) is 0 Å². The molecule has 1 unspecified atom stereocenters. The van der Waals surface area contributed by atoms with E-state index in [1.165, 1.54) is 70.6 Å². The molecule has 356 valence electrons. The highest BCUT2D eigenvalue weighted by Crippen LogP contribution is 2.15. The van der Waals surface area contributed by atoms with Gasteiger partial charge in [0.05, 0.1) is 0 Å². The minimum atomic E-state index is -0.789. The molecule has 0 aliphatic heterocycles. The molecule has 0 aromatic heterocycles. The van der Waals surface area contributed by atoms with E-state index in [4.69, 9.17) is 14.2 Å². The van der Waals surface area contributed by atoms with Crippen molar-refractivity contribution in [1.29, 1.82) is 0 Å². The molecule has 6 heteroatoms. The van der Waals surface area contributed by atoms with Gasteiger partial charge in [0, 0.05) is 19.3 Å². The third-order valence-corrected chi connectivity index (χ3v) is 11.0. The van der Waals surface area contributed by atoms with Crippen molar-refractivity contribution in [2.45, 2.75) is 252 Å². The first-order valence-electron chi connectivity index (χ1n) is 25.9. The van der Waals surface area contributed by atoms with Crippen LogP contribution >= 0.6 is 0 Å². The average Bonchev–Trinajstić information content (AvgIpc) is 3.27. The number of esters is 3. The van der Waals surface area contributed by atoms with Crippen LogP contribution in [0, 0.1) is 0 Å². The summed E-state index contributed by atoms with van der Waals surface area (Å²) in [5.41, 5.74) is 0. The van der Waals surface area contributed by atoms with Crippen molar-refractivity contribution >= 4 is 17.9 Å². The molecule has 0 aliphatic carbocycles. The molecule has 1 atom stereocenters. The molecule has 0 aromatic carbocycles. The van der Waals surface area contributed by atoms with Crippen LogP contribution in [-0.4, -0.2) is 37.2 Å². The van der Waals surface area contributed by atoms with Gasteiger partial charge in [-0.2, -0.15) is 0 Å². The van der Waals surface area contributed by atoms with Gasteiger partial charge in [-0.05, 0) is 83.5 Å². The van der Waals surface area contributed by atoms with Crippen LogP contribution in [-0.2, 0) is 28.6 Å². The lowest BCUT2D eigenvalue weighted by Gasteiger charge is -2.18. The summed E-state index contributed by atoms with van der Waals surface area (Å²) in [5, 5.41) is 0. The van der Waals surface area contributed by atoms with Crippen LogP contribution < -0.4 is 0 Å². The molecular formula is C56H96O6. The van der Waals surface area contributed by atoms with Gasteiger partial charge in [-0.1, -0.05) is 216 Å². The minimum absolute atomic E-state index is 0.0866. The molecule has 62 heavy (non-hydrogen) atoms. The lowest BCUT2D eigenvalue weighted by Crippen LogP contribution is -2.30. The van der Waals surface area contributed by atoms with E-state index >= 15 is 0 Å². The summed E-state index contributed by atoms with van der Waals surface area (Å²) < 4.78 is 16.8. The summed E-state index contributed by atoms with van der Waals surface area (Å²) in [6.45, 7) is 6.39. The summed E-state index contributed by atoms with van der Waals surface area (Å²) in [6, 6.07) is 0. The maximum Gasteiger partial charge on any atom is 0.306 e. The highest BCUT2D eigenvalue weighted by atomic mass is 16.6. The van der Waals surface area contributed by atoms with Crippen molar-refractivity contribution in [1.82, 2.24) is 0 Å². The van der Waals surface area contributed by atoms with Crippen molar-refractivity contribution in [2.24, 2.45) is 0 Å². The van der Waals surface area contributed by atoms with Gasteiger partial charge in [0.15, 0.2) is 6.10 Å². The van der Waals surface area contributed by atoms with Crippen molar-refractivity contribution in [3.8, 4) is 0 Å². The molecule has 6 nitrogen and oxygen atoms in total. The number of allylic oxidation sites excluding steroid dienone is 12. The quantitative estimate of drug-likeness (QED) is 0.0262. The largest absolute Gasteiger partial charge is 0.462 e. The summed E-state index contributed by atoms with van der Waals surface area (Å²) in [7, 11) is 0. The Balaban J connectivity index is 4.43. The molecule has 0 saturated heterocycles. The topological polar surface area (TPSA) is 78.9 Å². The summed E-state index contributed by atoms with van der Waals surface area (Å²) in [4.78, 5) is 38.0. The van der Waals surface area contributed by atoms with Crippen LogP contribution in [0.1, 0.15) is 245 Å². The first-order valence-corrected chi connectivity index (χ1v) is 25.9. The number of ether oxygens (including phenoxy) is 3. The van der Waals surface area contributed by atoms with Gasteiger partial charge in [0.25, 0.3) is 0 Å². The highest BCUT2D eigenvalue weighted by Gasteiger charge is 2.19. The van der Waals surface area contributed by atoms with Crippen LogP contribution in [0.25, 0.3) is 0 Å². The van der Waals surface area contributed by atoms with E-state index in [0.29, 0.717) is 19.3 Å². The standard InChI is InChI=1S/C56H96O6/c1-4-7-10-13-16-19-22-25-28-31-34-37-40-43-46-49-55(58)61-52-53(51-60-54(57)48-45-42-39-36-33-30-27-24-21-18-15-12-9-6-3)62-56(59)50-47-44-41-38-35-32-29-26-23-20-17-14-11-8-5-2/h7-8,10-11,16-17,19-20,25-26,28-29,53H,4-6,9,12-15,18,21-24,27,30-52H2,1-3H3/b10-7-,11-8-,19-16-,20-17-,28-25-,29-26-. The molecule has 0 N–H and O–H groups in total. The molecule has 0 bridgehead atoms. The van der Waals surface area contributed by atoms with Gasteiger partial charge < -0.3 is 14.2 Å². The fraction of sp³-hybridized carbons (Fsp3) is 0.732. The maximum absolute atomic E-state index is 12.8. The normalized spacial score (nSPS) is 12.6. The monoisotopic (exact) mass is 865 g/mol. The Kier molecular flexibility index (Phi) is 47.9. The zero-order valence-electron chi connectivity index (χ0n) is 40.6. The summed E-state index contributed by atoms with van der Waals surface area (Å²) in [6.07, 6.45) is 63.1. The Morgan fingerprint density at radius 3 is 0.984 bits per heavy atom. The van der Waals surface area contributed by atoms with E-state index < -0.39 is 6.10 Å². The first-order chi connectivity index (χ1) is 30.5. The molecule has 0 spiro atoms. The summed E-state index contributed by atoms with van der Waals surface area (Å²) >= 11 is 0. The lowest BCUT2D eigenvalue weighted by molar-refractivity contribution is -0.167.